The second kappa shape index (κ2) is 6.00. The lowest BCUT2D eigenvalue weighted by atomic mass is 9.51. The molecule has 0 aromatic carbocycles. The first-order chi connectivity index (χ1) is 9.63. The Morgan fingerprint density at radius 1 is 1.05 bits per heavy atom. The number of nitrogens with one attached hydrogen (secondary N) is 1. The van der Waals surface area contributed by atoms with E-state index in [0.29, 0.717) is 28.6 Å². The van der Waals surface area contributed by atoms with Crippen molar-refractivity contribution in [2.24, 2.45) is 35.3 Å². The van der Waals surface area contributed by atoms with Crippen LogP contribution in [-0.2, 0) is 4.79 Å². The van der Waals surface area contributed by atoms with Gasteiger partial charge in [0.15, 0.2) is 0 Å². The van der Waals surface area contributed by atoms with Crippen molar-refractivity contribution in [3.05, 3.63) is 0 Å². The van der Waals surface area contributed by atoms with E-state index in [2.05, 4.69) is 5.32 Å². The summed E-state index contributed by atoms with van der Waals surface area (Å²) >= 11 is 4.86. The fraction of sp³-hybridized carbons (Fsp3) is 0.875. The van der Waals surface area contributed by atoms with Gasteiger partial charge in [-0.3, -0.25) is 4.79 Å². The minimum Gasteiger partial charge on any atom is -0.393 e. The molecule has 0 unspecified atom stereocenters. The van der Waals surface area contributed by atoms with Crippen molar-refractivity contribution in [2.45, 2.75) is 51.4 Å². The fourth-order valence-corrected chi connectivity index (χ4v) is 5.25. The molecule has 1 amide bonds. The quantitative estimate of drug-likeness (QED) is 0.585. The van der Waals surface area contributed by atoms with Gasteiger partial charge >= 0.3 is 0 Å². The Balaban J connectivity index is 1.45. The Labute approximate surface area is 127 Å². The summed E-state index contributed by atoms with van der Waals surface area (Å²) in [6, 6.07) is 0. The van der Waals surface area contributed by atoms with Crippen LogP contribution in [0, 0.1) is 29.6 Å². The normalized spacial score (nSPS) is 37.9. The van der Waals surface area contributed by atoms with Gasteiger partial charge in [-0.15, -0.1) is 0 Å². The standard InChI is InChI=1S/C16H26N2OS/c17-14(20)3-1-2-4-18-16(19)15-12-6-10-5-11(8-12)9-13(15)7-10/h10-13,15H,1-9H2,(H2,17,20)(H,18,19). The number of unbranched alkanes of at least 4 members (excludes halogenated alkanes) is 1. The maximum atomic E-state index is 12.5. The van der Waals surface area contributed by atoms with Crippen molar-refractivity contribution in [3.63, 3.8) is 0 Å². The Hall–Kier alpha value is -0.640. The summed E-state index contributed by atoms with van der Waals surface area (Å²) in [6.07, 6.45) is 9.45. The highest BCUT2D eigenvalue weighted by Gasteiger charge is 2.50. The Morgan fingerprint density at radius 3 is 2.20 bits per heavy atom. The molecule has 4 heteroatoms. The maximum absolute atomic E-state index is 12.5. The molecular weight excluding hydrogens is 268 g/mol. The topological polar surface area (TPSA) is 55.1 Å². The van der Waals surface area contributed by atoms with Gasteiger partial charge in [0.05, 0.1) is 4.99 Å². The molecule has 4 rings (SSSR count). The molecule has 3 N–H and O–H groups in total. The maximum Gasteiger partial charge on any atom is 0.223 e. The van der Waals surface area contributed by atoms with Gasteiger partial charge in [-0.1, -0.05) is 12.2 Å². The lowest BCUT2D eigenvalue weighted by Crippen LogP contribution is -2.51. The van der Waals surface area contributed by atoms with Gasteiger partial charge in [0.25, 0.3) is 0 Å². The van der Waals surface area contributed by atoms with Crippen molar-refractivity contribution in [1.82, 2.24) is 5.32 Å². The number of hydrogen-bond acceptors (Lipinski definition) is 2. The van der Waals surface area contributed by atoms with Crippen molar-refractivity contribution in [2.75, 3.05) is 6.54 Å². The van der Waals surface area contributed by atoms with E-state index in [1.807, 2.05) is 0 Å². The molecule has 4 saturated carbocycles. The predicted octanol–water partition coefficient (Wildman–Crippen LogP) is 2.63. The second-order valence-corrected chi connectivity index (χ2v) is 7.70. The van der Waals surface area contributed by atoms with Gasteiger partial charge in [0, 0.05) is 12.5 Å². The van der Waals surface area contributed by atoms with Crippen LogP contribution in [0.2, 0.25) is 0 Å². The summed E-state index contributed by atoms with van der Waals surface area (Å²) in [4.78, 5) is 13.0. The highest BCUT2D eigenvalue weighted by molar-refractivity contribution is 7.80. The highest BCUT2D eigenvalue weighted by atomic mass is 32.1. The monoisotopic (exact) mass is 294 g/mol. The van der Waals surface area contributed by atoms with Gasteiger partial charge in [0.2, 0.25) is 5.91 Å². The zero-order valence-corrected chi connectivity index (χ0v) is 13.0. The molecule has 4 bridgehead atoms. The molecule has 0 saturated heterocycles. The molecule has 4 aliphatic carbocycles. The molecule has 4 aliphatic rings. The SMILES string of the molecule is NC(=S)CCCCNC(=O)C1C2CC3CC(C2)CC1C3. The largest absolute Gasteiger partial charge is 0.393 e. The molecule has 0 aromatic heterocycles. The van der Waals surface area contributed by atoms with E-state index in [0.717, 1.165) is 37.6 Å². The molecular formula is C16H26N2OS. The third-order valence-corrected chi connectivity index (χ3v) is 5.88. The second-order valence-electron chi connectivity index (χ2n) is 7.17. The number of thiocarbonyl (C=S) groups is 1. The minimum atomic E-state index is 0.318. The lowest BCUT2D eigenvalue weighted by molar-refractivity contribution is -0.138. The summed E-state index contributed by atoms with van der Waals surface area (Å²) in [6.45, 7) is 0.782. The van der Waals surface area contributed by atoms with Gasteiger partial charge in [0.1, 0.15) is 0 Å². The van der Waals surface area contributed by atoms with Crippen LogP contribution in [0.15, 0.2) is 0 Å². The number of carbonyl (C=O) groups is 1. The average molecular weight is 294 g/mol. The first kappa shape index (κ1) is 14.3. The van der Waals surface area contributed by atoms with E-state index in [9.17, 15) is 4.79 Å². The summed E-state index contributed by atoms with van der Waals surface area (Å²) in [5.41, 5.74) is 5.47. The molecule has 4 fully saturated rings. The van der Waals surface area contributed by atoms with Crippen molar-refractivity contribution < 1.29 is 4.79 Å². The highest BCUT2D eigenvalue weighted by Crippen LogP contribution is 2.56. The smallest absolute Gasteiger partial charge is 0.223 e. The third kappa shape index (κ3) is 3.00. The molecule has 112 valence electrons. The van der Waals surface area contributed by atoms with Gasteiger partial charge in [-0.25, -0.2) is 0 Å². The van der Waals surface area contributed by atoms with Gasteiger partial charge < -0.3 is 11.1 Å². The van der Waals surface area contributed by atoms with Crippen LogP contribution in [0.4, 0.5) is 0 Å². The van der Waals surface area contributed by atoms with Crippen LogP contribution >= 0.6 is 12.2 Å². The molecule has 0 radical (unpaired) electrons. The molecule has 20 heavy (non-hydrogen) atoms. The van der Waals surface area contributed by atoms with Crippen molar-refractivity contribution in [3.8, 4) is 0 Å². The van der Waals surface area contributed by atoms with E-state index in [-0.39, 0.29) is 0 Å². The molecule has 0 heterocycles. The fourth-order valence-electron chi connectivity index (χ4n) is 5.11. The van der Waals surface area contributed by atoms with Crippen molar-refractivity contribution in [1.29, 1.82) is 0 Å². The number of hydrogen-bond donors (Lipinski definition) is 2. The Kier molecular flexibility index (Phi) is 4.29. The number of amides is 1. The van der Waals surface area contributed by atoms with Crippen LogP contribution in [0.1, 0.15) is 51.4 Å². The summed E-state index contributed by atoms with van der Waals surface area (Å²) < 4.78 is 0. The summed E-state index contributed by atoms with van der Waals surface area (Å²) in [7, 11) is 0. The Morgan fingerprint density at radius 2 is 1.65 bits per heavy atom. The van der Waals surface area contributed by atoms with Gasteiger partial charge in [-0.2, -0.15) is 0 Å². The summed E-state index contributed by atoms with van der Waals surface area (Å²) in [5.74, 6) is 3.89. The van der Waals surface area contributed by atoms with Crippen LogP contribution in [-0.4, -0.2) is 17.4 Å². The summed E-state index contributed by atoms with van der Waals surface area (Å²) in [5, 5.41) is 3.16. The number of carbonyl (C=O) groups excluding carboxylic acids is 1. The molecule has 0 spiro atoms. The molecule has 0 aromatic rings. The third-order valence-electron chi connectivity index (χ3n) is 5.68. The van der Waals surface area contributed by atoms with Crippen LogP contribution < -0.4 is 11.1 Å². The van der Waals surface area contributed by atoms with Crippen LogP contribution in [0.25, 0.3) is 0 Å². The number of nitrogens with two attached hydrogens (primary N) is 1. The molecule has 0 aliphatic heterocycles. The van der Waals surface area contributed by atoms with Gasteiger partial charge in [-0.05, 0) is 75.0 Å². The average Bonchev–Trinajstić information content (AvgIpc) is 2.36. The number of rotatable bonds is 6. The zero-order valence-electron chi connectivity index (χ0n) is 12.1. The minimum absolute atomic E-state index is 0.318. The predicted molar refractivity (Wildman–Crippen MR) is 84.2 cm³/mol. The lowest BCUT2D eigenvalue weighted by Gasteiger charge is -2.53. The Bertz CT molecular complexity index is 368. The molecule has 3 nitrogen and oxygen atoms in total. The van der Waals surface area contributed by atoms with Crippen LogP contribution in [0.3, 0.4) is 0 Å². The zero-order chi connectivity index (χ0) is 14.1. The molecule has 0 atom stereocenters. The van der Waals surface area contributed by atoms with Crippen LogP contribution in [0.5, 0.6) is 0 Å². The first-order valence-electron chi connectivity index (χ1n) is 8.19. The van der Waals surface area contributed by atoms with E-state index >= 15 is 0 Å². The first-order valence-corrected chi connectivity index (χ1v) is 8.60. The van der Waals surface area contributed by atoms with E-state index in [4.69, 9.17) is 18.0 Å². The van der Waals surface area contributed by atoms with E-state index in [1.165, 1.54) is 32.1 Å². The van der Waals surface area contributed by atoms with Crippen molar-refractivity contribution >= 4 is 23.1 Å². The van der Waals surface area contributed by atoms with E-state index in [1.54, 1.807) is 0 Å². The van der Waals surface area contributed by atoms with E-state index < -0.39 is 0 Å².